The number of carbonyl (C=O) groups is 2. The summed E-state index contributed by atoms with van der Waals surface area (Å²) in [6.07, 6.45) is 0.902. The molecule has 0 aliphatic heterocycles. The molecule has 0 bridgehead atoms. The maximum Gasteiger partial charge on any atom is 0.286 e. The van der Waals surface area contributed by atoms with Crippen molar-refractivity contribution in [1.82, 2.24) is 25.8 Å². The Morgan fingerprint density at radius 2 is 1.96 bits per heavy atom. The van der Waals surface area contributed by atoms with Gasteiger partial charge >= 0.3 is 0 Å². The number of aromatic nitrogens is 3. The van der Waals surface area contributed by atoms with E-state index in [-0.39, 0.29) is 23.9 Å². The molecule has 0 saturated carbocycles. The summed E-state index contributed by atoms with van der Waals surface area (Å²) >= 11 is 0. The van der Waals surface area contributed by atoms with E-state index in [1.807, 2.05) is 0 Å². The average Bonchev–Trinajstić information content (AvgIpc) is 2.61. The van der Waals surface area contributed by atoms with Gasteiger partial charge in [-0.15, -0.1) is 0 Å². The fraction of sp³-hybridized carbons (Fsp3) is 0.118. The Morgan fingerprint density at radius 3 is 2.58 bits per heavy atom. The molecule has 0 radical (unpaired) electrons. The number of halogens is 1. The van der Waals surface area contributed by atoms with Crippen molar-refractivity contribution in [2.75, 3.05) is 0 Å². The van der Waals surface area contributed by atoms with Crippen LogP contribution < -0.4 is 10.6 Å². The minimum atomic E-state index is -0.668. The van der Waals surface area contributed by atoms with E-state index in [9.17, 15) is 14.0 Å². The van der Waals surface area contributed by atoms with E-state index >= 15 is 0 Å². The maximum absolute atomic E-state index is 12.8. The molecule has 0 saturated heterocycles. The first-order chi connectivity index (χ1) is 12.3. The van der Waals surface area contributed by atoms with Gasteiger partial charge in [-0.1, -0.05) is 6.58 Å². The second kappa shape index (κ2) is 8.47. The molecule has 2 N–H and O–H groups in total. The average molecular weight is 357 g/mol. The minimum Gasteiger partial charge on any atom is -0.436 e. The number of amides is 2. The zero-order valence-electron chi connectivity index (χ0n) is 14.0. The number of pyridine rings is 1. The van der Waals surface area contributed by atoms with Gasteiger partial charge in [0.05, 0.1) is 24.1 Å². The number of carbonyl (C=O) groups excluding carboxylic acids is 2. The first kappa shape index (κ1) is 18.7. The van der Waals surface area contributed by atoms with Crippen molar-refractivity contribution < 1.29 is 18.7 Å². The molecule has 8 nitrogen and oxygen atoms in total. The molecule has 2 aromatic heterocycles. The summed E-state index contributed by atoms with van der Waals surface area (Å²) in [4.78, 5) is 27.4. The third kappa shape index (κ3) is 5.48. The van der Waals surface area contributed by atoms with Crippen molar-refractivity contribution in [2.45, 2.75) is 13.5 Å². The molecule has 0 aliphatic rings. The third-order valence-corrected chi connectivity index (χ3v) is 3.00. The van der Waals surface area contributed by atoms with Gasteiger partial charge in [-0.05, 0) is 37.8 Å². The number of nitrogens with zero attached hydrogens (tertiary/aromatic N) is 3. The first-order valence-electron chi connectivity index (χ1n) is 7.41. The Kier molecular flexibility index (Phi) is 6.10. The van der Waals surface area contributed by atoms with Crippen LogP contribution in [0, 0.1) is 12.7 Å². The Balaban J connectivity index is 1.81. The van der Waals surface area contributed by atoms with E-state index in [1.165, 1.54) is 6.07 Å². The molecule has 0 aliphatic carbocycles. The summed E-state index contributed by atoms with van der Waals surface area (Å²) in [5, 5.41) is 12.6. The lowest BCUT2D eigenvalue weighted by Gasteiger charge is -2.12. The smallest absolute Gasteiger partial charge is 0.286 e. The van der Waals surface area contributed by atoms with E-state index in [1.54, 1.807) is 19.1 Å². The Hall–Kier alpha value is -3.62. The molecule has 134 valence electrons. The fourth-order valence-electron chi connectivity index (χ4n) is 1.71. The highest BCUT2D eigenvalue weighted by atomic mass is 19.1. The van der Waals surface area contributed by atoms with Gasteiger partial charge in [0, 0.05) is 0 Å². The molecule has 2 heterocycles. The van der Waals surface area contributed by atoms with Crippen LogP contribution in [0.2, 0.25) is 0 Å². The summed E-state index contributed by atoms with van der Waals surface area (Å²) in [6.45, 7) is 8.86. The van der Waals surface area contributed by atoms with E-state index in [4.69, 9.17) is 4.74 Å². The van der Waals surface area contributed by atoms with Crippen LogP contribution in [0.25, 0.3) is 0 Å². The van der Waals surface area contributed by atoms with Gasteiger partial charge in [-0.3, -0.25) is 14.9 Å². The molecule has 9 heteroatoms. The molecule has 0 unspecified atom stereocenters. The van der Waals surface area contributed by atoms with Crippen molar-refractivity contribution in [3.05, 3.63) is 78.2 Å². The third-order valence-electron chi connectivity index (χ3n) is 3.00. The number of hydrogen-bond acceptors (Lipinski definition) is 6. The lowest BCUT2D eigenvalue weighted by atomic mass is 10.3. The molecule has 2 rings (SSSR count). The van der Waals surface area contributed by atoms with Gasteiger partial charge in [0.25, 0.3) is 11.8 Å². The van der Waals surface area contributed by atoms with Crippen LogP contribution in [0.4, 0.5) is 4.39 Å². The van der Waals surface area contributed by atoms with Crippen LogP contribution in [0.15, 0.2) is 55.3 Å². The van der Waals surface area contributed by atoms with Crippen LogP contribution in [-0.2, 0) is 16.1 Å². The van der Waals surface area contributed by atoms with Gasteiger partial charge < -0.3 is 10.1 Å². The zero-order valence-corrected chi connectivity index (χ0v) is 14.0. The van der Waals surface area contributed by atoms with Crippen LogP contribution in [0.5, 0.6) is 0 Å². The fourth-order valence-corrected chi connectivity index (χ4v) is 1.71. The van der Waals surface area contributed by atoms with Gasteiger partial charge in [0.1, 0.15) is 11.5 Å². The van der Waals surface area contributed by atoms with E-state index in [2.05, 4.69) is 39.0 Å². The molecular formula is C17H16FN5O3. The van der Waals surface area contributed by atoms with Crippen LogP contribution >= 0.6 is 0 Å². The van der Waals surface area contributed by atoms with E-state index in [0.29, 0.717) is 5.69 Å². The molecule has 0 aromatic carbocycles. The highest BCUT2D eigenvalue weighted by molar-refractivity contribution is 5.93. The van der Waals surface area contributed by atoms with Gasteiger partial charge in [-0.2, -0.15) is 10.2 Å². The molecule has 0 spiro atoms. The number of rotatable bonds is 7. The monoisotopic (exact) mass is 357 g/mol. The normalized spacial score (nSPS) is 9.92. The number of ether oxygens (including phenoxy) is 1. The quantitative estimate of drug-likeness (QED) is 0.573. The van der Waals surface area contributed by atoms with Gasteiger partial charge in [-0.25, -0.2) is 9.37 Å². The Labute approximate surface area is 148 Å². The van der Waals surface area contributed by atoms with E-state index < -0.39 is 17.6 Å². The standard InChI is InChI=1S/C17H16FN5O3/c1-10-4-6-14(23-22-10)9-20-16(24)11(2)26-12(3)21-17(25)15-7-5-13(18)8-19-15/h4-8H,2-3,9H2,1H3,(H,20,24)(H,21,25). The van der Waals surface area contributed by atoms with Crippen molar-refractivity contribution in [3.8, 4) is 0 Å². The molecule has 0 atom stereocenters. The highest BCUT2D eigenvalue weighted by Gasteiger charge is 2.13. The molecular weight excluding hydrogens is 341 g/mol. The maximum atomic E-state index is 12.8. The van der Waals surface area contributed by atoms with Crippen LogP contribution in [0.3, 0.4) is 0 Å². The summed E-state index contributed by atoms with van der Waals surface area (Å²) in [7, 11) is 0. The minimum absolute atomic E-state index is 0.0378. The topological polar surface area (TPSA) is 106 Å². The van der Waals surface area contributed by atoms with Crippen molar-refractivity contribution in [3.63, 3.8) is 0 Å². The second-order valence-electron chi connectivity index (χ2n) is 5.11. The van der Waals surface area contributed by atoms with Crippen molar-refractivity contribution >= 4 is 11.8 Å². The largest absolute Gasteiger partial charge is 0.436 e. The second-order valence-corrected chi connectivity index (χ2v) is 5.11. The Bertz CT molecular complexity index is 834. The summed E-state index contributed by atoms with van der Waals surface area (Å²) in [6, 6.07) is 5.77. The molecule has 26 heavy (non-hydrogen) atoms. The number of aryl methyl sites for hydroxylation is 1. The predicted octanol–water partition coefficient (Wildman–Crippen LogP) is 1.37. The summed E-state index contributed by atoms with van der Waals surface area (Å²) in [5.74, 6) is -2.35. The number of nitrogens with one attached hydrogen (secondary N) is 2. The predicted molar refractivity (Wildman–Crippen MR) is 89.6 cm³/mol. The molecule has 0 fully saturated rings. The Morgan fingerprint density at radius 1 is 1.19 bits per heavy atom. The zero-order chi connectivity index (χ0) is 19.1. The van der Waals surface area contributed by atoms with Crippen LogP contribution in [0.1, 0.15) is 21.9 Å². The highest BCUT2D eigenvalue weighted by Crippen LogP contribution is 2.04. The molecule has 2 aromatic rings. The summed E-state index contributed by atoms with van der Waals surface area (Å²) in [5.41, 5.74) is 1.28. The summed E-state index contributed by atoms with van der Waals surface area (Å²) < 4.78 is 17.9. The SMILES string of the molecule is C=C(NC(=O)c1ccc(F)cn1)OC(=C)C(=O)NCc1ccc(C)nn1. The number of hydrogen-bond donors (Lipinski definition) is 2. The van der Waals surface area contributed by atoms with Gasteiger partial charge in [0.2, 0.25) is 0 Å². The van der Waals surface area contributed by atoms with Gasteiger partial charge in [0.15, 0.2) is 11.6 Å². The molecule has 2 amide bonds. The van der Waals surface area contributed by atoms with Crippen molar-refractivity contribution in [1.29, 1.82) is 0 Å². The lowest BCUT2D eigenvalue weighted by Crippen LogP contribution is -2.29. The van der Waals surface area contributed by atoms with Crippen molar-refractivity contribution in [2.24, 2.45) is 0 Å². The first-order valence-corrected chi connectivity index (χ1v) is 7.41. The van der Waals surface area contributed by atoms with E-state index in [0.717, 1.165) is 18.0 Å². The lowest BCUT2D eigenvalue weighted by molar-refractivity contribution is -0.120. The van der Waals surface area contributed by atoms with Crippen LogP contribution in [-0.4, -0.2) is 27.0 Å².